The summed E-state index contributed by atoms with van der Waals surface area (Å²) >= 11 is 0. The minimum Gasteiger partial charge on any atom is -0.459 e. The maximum Gasteiger partial charge on any atom is 0.306 e. The van der Waals surface area contributed by atoms with E-state index in [1.165, 1.54) is 64.2 Å². The van der Waals surface area contributed by atoms with Crippen molar-refractivity contribution in [3.8, 4) is 0 Å². The van der Waals surface area contributed by atoms with Gasteiger partial charge in [-0.15, -0.1) is 0 Å². The van der Waals surface area contributed by atoms with Crippen LogP contribution >= 0.6 is 0 Å². The Balaban J connectivity index is 1.08. The number of carbonyl (C=O) groups excluding carboxylic acids is 1. The second kappa shape index (κ2) is 9.27. The third-order valence-electron chi connectivity index (χ3n) is 14.0. The predicted molar refractivity (Wildman–Crippen MR) is 144 cm³/mol. The predicted octanol–water partition coefficient (Wildman–Crippen LogP) is 7.93. The molecule has 1 N–H and O–H groups in total. The van der Waals surface area contributed by atoms with Crippen LogP contribution in [0.5, 0.6) is 0 Å². The zero-order valence-corrected chi connectivity index (χ0v) is 23.8. The van der Waals surface area contributed by atoms with Crippen LogP contribution in [0.3, 0.4) is 0 Å². The molecule has 2 bridgehead atoms. The molecule has 6 saturated carbocycles. The number of esters is 1. The van der Waals surface area contributed by atoms with Crippen molar-refractivity contribution in [2.45, 2.75) is 142 Å². The monoisotopic (exact) mass is 498 g/mol. The summed E-state index contributed by atoms with van der Waals surface area (Å²) in [6, 6.07) is 0. The average molecular weight is 499 g/mol. The number of hydrogen-bond donors (Lipinski definition) is 1. The number of fused-ring (bicyclic) bond motifs is 7. The van der Waals surface area contributed by atoms with Crippen LogP contribution < -0.4 is 0 Å². The summed E-state index contributed by atoms with van der Waals surface area (Å²) in [7, 11) is 0. The molecule has 36 heavy (non-hydrogen) atoms. The van der Waals surface area contributed by atoms with Crippen molar-refractivity contribution in [2.75, 3.05) is 0 Å². The van der Waals surface area contributed by atoms with E-state index < -0.39 is 0 Å². The van der Waals surface area contributed by atoms with Crippen LogP contribution in [0.1, 0.15) is 130 Å². The smallest absolute Gasteiger partial charge is 0.306 e. The number of ether oxygens (including phenoxy) is 1. The van der Waals surface area contributed by atoms with E-state index in [4.69, 9.17) is 4.74 Å². The molecule has 3 heteroatoms. The van der Waals surface area contributed by atoms with Crippen molar-refractivity contribution < 1.29 is 14.6 Å². The van der Waals surface area contributed by atoms with E-state index in [-0.39, 0.29) is 17.7 Å². The summed E-state index contributed by atoms with van der Waals surface area (Å²) in [5.74, 6) is 6.28. The van der Waals surface area contributed by atoms with Gasteiger partial charge in [-0.25, -0.2) is 0 Å². The van der Waals surface area contributed by atoms with Crippen molar-refractivity contribution in [3.05, 3.63) is 0 Å². The molecule has 0 heterocycles. The van der Waals surface area contributed by atoms with Gasteiger partial charge in [-0.2, -0.15) is 0 Å². The molecule has 12 atom stereocenters. The minimum absolute atomic E-state index is 0.0482. The van der Waals surface area contributed by atoms with Crippen LogP contribution in [-0.2, 0) is 9.53 Å². The van der Waals surface area contributed by atoms with Crippen LogP contribution in [0, 0.1) is 58.2 Å². The number of aliphatic hydroxyl groups excluding tert-OH is 1. The SMILES string of the molecule is CC[C@]1(OC(=O)CC[C@@H](C)[C@H]2CC[C@H]3[C@@H]4CC[C@@H]5C[C@H](O)CC[C@]5(C)[C@H]4CC[C@]23C)C[C@@H]2CC[C@H]1C2. The Hall–Kier alpha value is -0.570. The van der Waals surface area contributed by atoms with Gasteiger partial charge in [0.1, 0.15) is 5.60 Å². The van der Waals surface area contributed by atoms with Gasteiger partial charge in [0.05, 0.1) is 6.10 Å². The van der Waals surface area contributed by atoms with Crippen molar-refractivity contribution in [1.29, 1.82) is 0 Å². The lowest BCUT2D eigenvalue weighted by molar-refractivity contribution is -0.167. The standard InChI is InChI=1S/C33H54O3/c1-5-33(20-22-7-8-24(33)18-22)36-30(35)13-6-21(2)27-11-12-28-26-10-9-23-19-25(34)14-16-31(23,3)29(26)15-17-32(27,28)4/h21-29,34H,5-20H2,1-4H3/t21-,22-,23-,24+,25-,26+,27-,28+,29+,31+,32-,33+/m1/s1. The van der Waals surface area contributed by atoms with Crippen LogP contribution in [-0.4, -0.2) is 22.8 Å². The number of carbonyl (C=O) groups is 1. The lowest BCUT2D eigenvalue weighted by Gasteiger charge is -2.61. The molecule has 204 valence electrons. The first-order chi connectivity index (χ1) is 17.2. The Morgan fingerprint density at radius 1 is 0.917 bits per heavy atom. The zero-order valence-electron chi connectivity index (χ0n) is 23.8. The topological polar surface area (TPSA) is 46.5 Å². The maximum absolute atomic E-state index is 13.1. The first kappa shape index (κ1) is 25.7. The molecular weight excluding hydrogens is 444 g/mol. The van der Waals surface area contributed by atoms with Crippen LogP contribution in [0.4, 0.5) is 0 Å². The zero-order chi connectivity index (χ0) is 25.3. The fraction of sp³-hybridized carbons (Fsp3) is 0.970. The fourth-order valence-corrected chi connectivity index (χ4v) is 12.1. The van der Waals surface area contributed by atoms with Crippen LogP contribution in [0.25, 0.3) is 0 Å². The highest BCUT2D eigenvalue weighted by Crippen LogP contribution is 2.68. The maximum atomic E-state index is 13.1. The van der Waals surface area contributed by atoms with Gasteiger partial charge >= 0.3 is 5.97 Å². The lowest BCUT2D eigenvalue weighted by Crippen LogP contribution is -2.54. The molecule has 0 amide bonds. The van der Waals surface area contributed by atoms with E-state index in [1.807, 2.05) is 0 Å². The molecule has 0 radical (unpaired) electrons. The Kier molecular flexibility index (Phi) is 6.62. The molecule has 0 aromatic carbocycles. The third-order valence-corrected chi connectivity index (χ3v) is 14.0. The van der Waals surface area contributed by atoms with Gasteiger partial charge in [-0.3, -0.25) is 4.79 Å². The van der Waals surface area contributed by atoms with Gasteiger partial charge in [0.15, 0.2) is 0 Å². The van der Waals surface area contributed by atoms with E-state index in [0.29, 0.717) is 29.1 Å². The van der Waals surface area contributed by atoms with Crippen LogP contribution in [0.15, 0.2) is 0 Å². The molecule has 6 rings (SSSR count). The van der Waals surface area contributed by atoms with Crippen molar-refractivity contribution in [2.24, 2.45) is 58.2 Å². The van der Waals surface area contributed by atoms with Gasteiger partial charge in [0, 0.05) is 6.42 Å². The molecule has 0 saturated heterocycles. The highest BCUT2D eigenvalue weighted by molar-refractivity contribution is 5.70. The molecule has 6 fully saturated rings. The molecular formula is C33H54O3. The molecule has 6 aliphatic carbocycles. The van der Waals surface area contributed by atoms with Gasteiger partial charge in [0.2, 0.25) is 0 Å². The largest absolute Gasteiger partial charge is 0.459 e. The van der Waals surface area contributed by atoms with E-state index >= 15 is 0 Å². The second-order valence-corrected chi connectivity index (χ2v) is 15.3. The average Bonchev–Trinajstić information content (AvgIpc) is 3.56. The summed E-state index contributed by atoms with van der Waals surface area (Å²) in [4.78, 5) is 13.1. The molecule has 0 spiro atoms. The molecule has 3 nitrogen and oxygen atoms in total. The summed E-state index contributed by atoms with van der Waals surface area (Å²) in [6.45, 7) is 9.92. The summed E-state index contributed by atoms with van der Waals surface area (Å²) < 4.78 is 6.31. The van der Waals surface area contributed by atoms with Crippen LogP contribution in [0.2, 0.25) is 0 Å². The van der Waals surface area contributed by atoms with Crippen molar-refractivity contribution in [1.82, 2.24) is 0 Å². The Morgan fingerprint density at radius 2 is 1.67 bits per heavy atom. The summed E-state index contributed by atoms with van der Waals surface area (Å²) in [5, 5.41) is 10.3. The highest BCUT2D eigenvalue weighted by atomic mass is 16.6. The van der Waals surface area contributed by atoms with E-state index in [2.05, 4.69) is 27.7 Å². The quantitative estimate of drug-likeness (QED) is 0.378. The van der Waals surface area contributed by atoms with E-state index in [9.17, 15) is 9.90 Å². The second-order valence-electron chi connectivity index (χ2n) is 15.3. The number of aliphatic hydroxyl groups is 1. The summed E-state index contributed by atoms with van der Waals surface area (Å²) in [5.41, 5.74) is 0.791. The van der Waals surface area contributed by atoms with Gasteiger partial charge < -0.3 is 9.84 Å². The molecule has 6 aliphatic rings. The molecule has 0 aromatic heterocycles. The first-order valence-electron chi connectivity index (χ1n) is 16.1. The Labute approximate surface area is 220 Å². The normalized spacial score (nSPS) is 52.4. The van der Waals surface area contributed by atoms with Gasteiger partial charge in [0.25, 0.3) is 0 Å². The Bertz CT molecular complexity index is 839. The van der Waals surface area contributed by atoms with E-state index in [0.717, 1.165) is 67.6 Å². The lowest BCUT2D eigenvalue weighted by atomic mass is 9.44. The summed E-state index contributed by atoms with van der Waals surface area (Å²) in [6.07, 6.45) is 19.2. The first-order valence-corrected chi connectivity index (χ1v) is 16.1. The molecule has 0 aliphatic heterocycles. The molecule has 0 unspecified atom stereocenters. The minimum atomic E-state index is -0.129. The van der Waals surface area contributed by atoms with E-state index in [1.54, 1.807) is 0 Å². The highest BCUT2D eigenvalue weighted by Gasteiger charge is 2.60. The third kappa shape index (κ3) is 3.94. The number of rotatable bonds is 6. The number of hydrogen-bond acceptors (Lipinski definition) is 3. The van der Waals surface area contributed by atoms with Gasteiger partial charge in [-0.1, -0.05) is 27.7 Å². The fourth-order valence-electron chi connectivity index (χ4n) is 12.1. The molecule has 0 aromatic rings. The Morgan fingerprint density at radius 3 is 2.39 bits per heavy atom. The van der Waals surface area contributed by atoms with Gasteiger partial charge in [-0.05, 0) is 154 Å². The van der Waals surface area contributed by atoms with Crippen molar-refractivity contribution >= 4 is 5.97 Å². The van der Waals surface area contributed by atoms with Crippen molar-refractivity contribution in [3.63, 3.8) is 0 Å².